The molecule has 0 aromatic heterocycles. The average Bonchev–Trinajstić information content (AvgIpc) is 1.95. The zero-order valence-electron chi connectivity index (χ0n) is 6.28. The van der Waals surface area contributed by atoms with Gasteiger partial charge >= 0.3 is 0 Å². The third kappa shape index (κ3) is 1.35. The topological polar surface area (TPSA) is 9.23 Å². The van der Waals surface area contributed by atoms with Gasteiger partial charge in [-0.05, 0) is 18.9 Å². The molecule has 0 bridgehead atoms. The van der Waals surface area contributed by atoms with Gasteiger partial charge in [0.25, 0.3) is 0 Å². The SMILES string of the molecule is COC1=C(Cl)C(C)=CCC1. The molecule has 0 N–H and O–H groups in total. The number of methoxy groups -OCH3 is 1. The molecule has 0 amide bonds. The van der Waals surface area contributed by atoms with E-state index < -0.39 is 0 Å². The Morgan fingerprint density at radius 2 is 2.30 bits per heavy atom. The number of allylic oxidation sites excluding steroid dienone is 4. The summed E-state index contributed by atoms with van der Waals surface area (Å²) in [6.45, 7) is 2.00. The molecule has 0 radical (unpaired) electrons. The lowest BCUT2D eigenvalue weighted by molar-refractivity contribution is 0.274. The van der Waals surface area contributed by atoms with Crippen molar-refractivity contribution in [3.63, 3.8) is 0 Å². The molecule has 0 saturated heterocycles. The summed E-state index contributed by atoms with van der Waals surface area (Å²) in [4.78, 5) is 0. The molecule has 56 valence electrons. The van der Waals surface area contributed by atoms with Crippen LogP contribution in [0.3, 0.4) is 0 Å². The van der Waals surface area contributed by atoms with Crippen molar-refractivity contribution in [1.82, 2.24) is 0 Å². The summed E-state index contributed by atoms with van der Waals surface area (Å²) in [7, 11) is 1.66. The quantitative estimate of drug-likeness (QED) is 0.570. The van der Waals surface area contributed by atoms with E-state index in [1.807, 2.05) is 6.92 Å². The van der Waals surface area contributed by atoms with Gasteiger partial charge in [-0.1, -0.05) is 17.7 Å². The van der Waals surface area contributed by atoms with Gasteiger partial charge in [-0.25, -0.2) is 0 Å². The largest absolute Gasteiger partial charge is 0.500 e. The molecule has 0 aliphatic heterocycles. The van der Waals surface area contributed by atoms with E-state index in [4.69, 9.17) is 16.3 Å². The van der Waals surface area contributed by atoms with E-state index in [2.05, 4.69) is 6.08 Å². The fourth-order valence-electron chi connectivity index (χ4n) is 1.03. The zero-order valence-corrected chi connectivity index (χ0v) is 7.03. The fourth-order valence-corrected chi connectivity index (χ4v) is 1.28. The molecule has 0 fully saturated rings. The number of hydrogen-bond donors (Lipinski definition) is 0. The van der Waals surface area contributed by atoms with E-state index in [0.29, 0.717) is 0 Å². The number of hydrogen-bond acceptors (Lipinski definition) is 1. The van der Waals surface area contributed by atoms with Crippen molar-refractivity contribution in [2.24, 2.45) is 0 Å². The van der Waals surface area contributed by atoms with Crippen LogP contribution in [0.2, 0.25) is 0 Å². The summed E-state index contributed by atoms with van der Waals surface area (Å²) < 4.78 is 5.08. The maximum absolute atomic E-state index is 5.92. The first kappa shape index (κ1) is 7.67. The lowest BCUT2D eigenvalue weighted by Gasteiger charge is -2.13. The van der Waals surface area contributed by atoms with Gasteiger partial charge in [-0.3, -0.25) is 0 Å². The van der Waals surface area contributed by atoms with E-state index in [0.717, 1.165) is 29.2 Å². The van der Waals surface area contributed by atoms with Crippen LogP contribution < -0.4 is 0 Å². The normalized spacial score (nSPS) is 18.9. The Kier molecular flexibility index (Phi) is 2.39. The highest BCUT2D eigenvalue weighted by molar-refractivity contribution is 6.32. The van der Waals surface area contributed by atoms with Crippen LogP contribution in [0, 0.1) is 0 Å². The molecular formula is C8H11ClO. The second kappa shape index (κ2) is 3.11. The summed E-state index contributed by atoms with van der Waals surface area (Å²) in [6, 6.07) is 0. The van der Waals surface area contributed by atoms with E-state index in [9.17, 15) is 0 Å². The number of rotatable bonds is 1. The molecule has 0 unspecified atom stereocenters. The summed E-state index contributed by atoms with van der Waals surface area (Å²) in [6.07, 6.45) is 4.11. The van der Waals surface area contributed by atoms with Crippen LogP contribution in [0.25, 0.3) is 0 Å². The van der Waals surface area contributed by atoms with Crippen molar-refractivity contribution >= 4 is 11.6 Å². The molecule has 0 heterocycles. The minimum Gasteiger partial charge on any atom is -0.500 e. The summed E-state index contributed by atoms with van der Waals surface area (Å²) in [5, 5.41) is 0.786. The average molecular weight is 159 g/mol. The van der Waals surface area contributed by atoms with Gasteiger partial charge in [0.05, 0.1) is 12.1 Å². The Morgan fingerprint density at radius 3 is 2.80 bits per heavy atom. The summed E-state index contributed by atoms with van der Waals surface area (Å²) in [5.74, 6) is 0.918. The van der Waals surface area contributed by atoms with Crippen LogP contribution in [0.15, 0.2) is 22.4 Å². The van der Waals surface area contributed by atoms with Gasteiger partial charge in [0, 0.05) is 6.42 Å². The van der Waals surface area contributed by atoms with E-state index in [1.165, 1.54) is 0 Å². The van der Waals surface area contributed by atoms with Crippen molar-refractivity contribution in [3.05, 3.63) is 22.4 Å². The monoisotopic (exact) mass is 158 g/mol. The predicted octanol–water partition coefficient (Wildman–Crippen LogP) is 2.82. The highest BCUT2D eigenvalue weighted by atomic mass is 35.5. The molecule has 1 rings (SSSR count). The van der Waals surface area contributed by atoms with Gasteiger partial charge in [-0.2, -0.15) is 0 Å². The van der Waals surface area contributed by atoms with Crippen molar-refractivity contribution in [3.8, 4) is 0 Å². The first-order chi connectivity index (χ1) is 4.75. The molecule has 0 saturated carbocycles. The smallest absolute Gasteiger partial charge is 0.115 e. The molecule has 1 nitrogen and oxygen atoms in total. The molecule has 0 aromatic rings. The lowest BCUT2D eigenvalue weighted by atomic mass is 10.1. The van der Waals surface area contributed by atoms with Crippen molar-refractivity contribution in [2.75, 3.05) is 7.11 Å². The molecule has 10 heavy (non-hydrogen) atoms. The fraction of sp³-hybridized carbons (Fsp3) is 0.500. The van der Waals surface area contributed by atoms with Crippen LogP contribution in [0.1, 0.15) is 19.8 Å². The Labute approximate surface area is 66.3 Å². The van der Waals surface area contributed by atoms with Crippen LogP contribution in [0.5, 0.6) is 0 Å². The second-order valence-electron chi connectivity index (χ2n) is 2.37. The Hall–Kier alpha value is -0.430. The third-order valence-corrected chi connectivity index (χ3v) is 2.17. The van der Waals surface area contributed by atoms with Crippen molar-refractivity contribution in [2.45, 2.75) is 19.8 Å². The molecule has 1 aliphatic rings. The van der Waals surface area contributed by atoms with Gasteiger partial charge < -0.3 is 4.74 Å². The van der Waals surface area contributed by atoms with Gasteiger partial charge in [-0.15, -0.1) is 0 Å². The molecule has 1 aliphatic carbocycles. The lowest BCUT2D eigenvalue weighted by Crippen LogP contribution is -1.96. The maximum Gasteiger partial charge on any atom is 0.115 e. The summed E-state index contributed by atoms with van der Waals surface area (Å²) >= 11 is 5.92. The second-order valence-corrected chi connectivity index (χ2v) is 2.75. The Bertz CT molecular complexity index is 191. The number of ether oxygens (including phenoxy) is 1. The maximum atomic E-state index is 5.92. The molecule has 0 atom stereocenters. The van der Waals surface area contributed by atoms with Crippen LogP contribution in [0.4, 0.5) is 0 Å². The van der Waals surface area contributed by atoms with Crippen molar-refractivity contribution in [1.29, 1.82) is 0 Å². The molecule has 0 aromatic carbocycles. The highest BCUT2D eigenvalue weighted by Gasteiger charge is 2.10. The first-order valence-corrected chi connectivity index (χ1v) is 3.73. The van der Waals surface area contributed by atoms with Gasteiger partial charge in [0.2, 0.25) is 0 Å². The first-order valence-electron chi connectivity index (χ1n) is 3.35. The molecule has 0 spiro atoms. The van der Waals surface area contributed by atoms with Gasteiger partial charge in [0.1, 0.15) is 5.76 Å². The molecule has 2 heteroatoms. The minimum atomic E-state index is 0.786. The Balaban J connectivity index is 2.85. The van der Waals surface area contributed by atoms with Crippen LogP contribution in [-0.4, -0.2) is 7.11 Å². The standard InChI is InChI=1S/C8H11ClO/c1-6-4-3-5-7(10-2)8(6)9/h4H,3,5H2,1-2H3. The van der Waals surface area contributed by atoms with Crippen molar-refractivity contribution < 1.29 is 4.74 Å². The zero-order chi connectivity index (χ0) is 7.56. The van der Waals surface area contributed by atoms with E-state index >= 15 is 0 Å². The van der Waals surface area contributed by atoms with Gasteiger partial charge in [0.15, 0.2) is 0 Å². The predicted molar refractivity (Wildman–Crippen MR) is 42.9 cm³/mol. The minimum absolute atomic E-state index is 0.786. The van der Waals surface area contributed by atoms with Crippen LogP contribution in [-0.2, 0) is 4.74 Å². The number of halogens is 1. The Morgan fingerprint density at radius 1 is 1.60 bits per heavy atom. The van der Waals surface area contributed by atoms with E-state index in [-0.39, 0.29) is 0 Å². The highest BCUT2D eigenvalue weighted by Crippen LogP contribution is 2.27. The molecular weight excluding hydrogens is 148 g/mol. The van der Waals surface area contributed by atoms with E-state index in [1.54, 1.807) is 7.11 Å². The third-order valence-electron chi connectivity index (χ3n) is 1.66. The van der Waals surface area contributed by atoms with Crippen LogP contribution >= 0.6 is 11.6 Å². The summed E-state index contributed by atoms with van der Waals surface area (Å²) in [5.41, 5.74) is 1.13.